The number of imidazole rings is 1. The van der Waals surface area contributed by atoms with Crippen LogP contribution >= 0.6 is 23.2 Å². The fourth-order valence-corrected chi connectivity index (χ4v) is 3.64. The normalized spacial score (nSPS) is 27.3. The van der Waals surface area contributed by atoms with Crippen LogP contribution in [0.1, 0.15) is 26.3 Å². The second kappa shape index (κ2) is 6.69. The van der Waals surface area contributed by atoms with Crippen molar-refractivity contribution in [3.8, 4) is 0 Å². The highest BCUT2D eigenvalue weighted by molar-refractivity contribution is 6.42. The molecule has 0 saturated heterocycles. The molecule has 1 aliphatic carbocycles. The summed E-state index contributed by atoms with van der Waals surface area (Å²) in [6.45, 7) is 3.79. The summed E-state index contributed by atoms with van der Waals surface area (Å²) in [6.07, 6.45) is -1.54. The number of hydrogen-bond donors (Lipinski definition) is 4. The summed E-state index contributed by atoms with van der Waals surface area (Å²) in [6, 6.07) is 3.11. The van der Waals surface area contributed by atoms with E-state index in [1.54, 1.807) is 12.1 Å². The number of anilines is 1. The van der Waals surface area contributed by atoms with Crippen molar-refractivity contribution >= 4 is 40.2 Å². The summed E-state index contributed by atoms with van der Waals surface area (Å²) >= 11 is 12.2. The van der Waals surface area contributed by atoms with Crippen molar-refractivity contribution in [2.24, 2.45) is 5.92 Å². The first-order valence-corrected chi connectivity index (χ1v) is 8.69. The number of aromatic nitrogens is 2. The van der Waals surface area contributed by atoms with Crippen LogP contribution in [0.15, 0.2) is 12.1 Å². The number of aliphatic hydroxyl groups is 3. The van der Waals surface area contributed by atoms with Gasteiger partial charge in [-0.3, -0.25) is 0 Å². The van der Waals surface area contributed by atoms with Gasteiger partial charge in [-0.25, -0.2) is 4.98 Å². The quantitative estimate of drug-likeness (QED) is 0.660. The van der Waals surface area contributed by atoms with Crippen LogP contribution in [0.25, 0.3) is 11.0 Å². The zero-order valence-electron chi connectivity index (χ0n) is 13.4. The molecule has 0 amide bonds. The number of nitrogens with one attached hydrogen (secondary N) is 1. The number of nitrogens with zero attached hydrogens (tertiary/aromatic N) is 2. The molecule has 4 unspecified atom stereocenters. The molecule has 4 atom stereocenters. The number of rotatable bonds is 4. The van der Waals surface area contributed by atoms with Gasteiger partial charge >= 0.3 is 0 Å². The van der Waals surface area contributed by atoms with Gasteiger partial charge in [0.15, 0.2) is 0 Å². The SMILES string of the molecule is CC(C)Nc1nc2cc(Cl)c(Cl)cc2n1C1CC(CO)C(O)C1O. The highest BCUT2D eigenvalue weighted by atomic mass is 35.5. The van der Waals surface area contributed by atoms with E-state index < -0.39 is 18.2 Å². The Morgan fingerprint density at radius 2 is 1.92 bits per heavy atom. The molecule has 0 bridgehead atoms. The topological polar surface area (TPSA) is 90.5 Å². The molecule has 1 saturated carbocycles. The molecule has 0 aliphatic heterocycles. The lowest BCUT2D eigenvalue weighted by atomic mass is 10.1. The van der Waals surface area contributed by atoms with Crippen molar-refractivity contribution in [1.29, 1.82) is 0 Å². The number of fused-ring (bicyclic) bond motifs is 1. The zero-order valence-corrected chi connectivity index (χ0v) is 15.0. The third kappa shape index (κ3) is 2.97. The van der Waals surface area contributed by atoms with Gasteiger partial charge in [0.1, 0.15) is 6.10 Å². The molecule has 1 aromatic heterocycles. The van der Waals surface area contributed by atoms with Crippen molar-refractivity contribution in [1.82, 2.24) is 9.55 Å². The van der Waals surface area contributed by atoms with E-state index in [2.05, 4.69) is 10.3 Å². The molecule has 1 aliphatic rings. The minimum atomic E-state index is -0.998. The summed E-state index contributed by atoms with van der Waals surface area (Å²) in [5.74, 6) is 0.199. The predicted molar refractivity (Wildman–Crippen MR) is 94.8 cm³/mol. The fourth-order valence-electron chi connectivity index (χ4n) is 3.32. The van der Waals surface area contributed by atoms with Gasteiger partial charge in [-0.1, -0.05) is 23.2 Å². The van der Waals surface area contributed by atoms with E-state index >= 15 is 0 Å². The average molecular weight is 374 g/mol. The number of hydrogen-bond acceptors (Lipinski definition) is 5. The van der Waals surface area contributed by atoms with E-state index in [9.17, 15) is 15.3 Å². The third-order valence-corrected chi connectivity index (χ3v) is 5.21. The Hall–Kier alpha value is -1.05. The van der Waals surface area contributed by atoms with Crippen LogP contribution in [0.3, 0.4) is 0 Å². The standard InChI is InChI=1S/C16H21Cl2N3O3/c1-7(2)19-16-20-11-4-9(17)10(18)5-12(11)21(16)13-3-8(6-22)14(23)15(13)24/h4-5,7-8,13-15,22-24H,3,6H2,1-2H3,(H,19,20). The predicted octanol–water partition coefficient (Wildman–Crippen LogP) is 2.44. The van der Waals surface area contributed by atoms with E-state index in [1.165, 1.54) is 0 Å². The van der Waals surface area contributed by atoms with Gasteiger partial charge in [0, 0.05) is 18.6 Å². The van der Waals surface area contributed by atoms with Gasteiger partial charge in [-0.05, 0) is 32.4 Å². The Morgan fingerprint density at radius 1 is 1.25 bits per heavy atom. The van der Waals surface area contributed by atoms with E-state index in [0.29, 0.717) is 27.9 Å². The van der Waals surface area contributed by atoms with Crippen LogP contribution in [0.2, 0.25) is 10.0 Å². The van der Waals surface area contributed by atoms with Crippen LogP contribution in [-0.2, 0) is 0 Å². The van der Waals surface area contributed by atoms with Crippen LogP contribution in [0.4, 0.5) is 5.95 Å². The van der Waals surface area contributed by atoms with Crippen molar-refractivity contribution < 1.29 is 15.3 Å². The minimum absolute atomic E-state index is 0.128. The lowest BCUT2D eigenvalue weighted by Gasteiger charge is -2.22. The molecular formula is C16H21Cl2N3O3. The average Bonchev–Trinajstić information content (AvgIpc) is 2.97. The summed E-state index contributed by atoms with van der Waals surface area (Å²) in [5, 5.41) is 34.1. The highest BCUT2D eigenvalue weighted by Crippen LogP contribution is 2.40. The van der Waals surface area contributed by atoms with Crippen molar-refractivity contribution in [3.63, 3.8) is 0 Å². The van der Waals surface area contributed by atoms with Crippen LogP contribution in [-0.4, -0.2) is 49.7 Å². The van der Waals surface area contributed by atoms with Crippen LogP contribution < -0.4 is 5.32 Å². The van der Waals surface area contributed by atoms with Crippen LogP contribution in [0, 0.1) is 5.92 Å². The first-order valence-electron chi connectivity index (χ1n) is 7.94. The summed E-state index contributed by atoms with van der Waals surface area (Å²) < 4.78 is 1.85. The lowest BCUT2D eigenvalue weighted by molar-refractivity contribution is -0.00346. The number of aliphatic hydroxyl groups excluding tert-OH is 3. The maximum atomic E-state index is 10.5. The minimum Gasteiger partial charge on any atom is -0.396 e. The van der Waals surface area contributed by atoms with E-state index in [0.717, 1.165) is 5.52 Å². The molecule has 2 aromatic rings. The number of benzene rings is 1. The third-order valence-electron chi connectivity index (χ3n) is 4.49. The molecule has 4 N–H and O–H groups in total. The summed E-state index contributed by atoms with van der Waals surface area (Å²) in [5.41, 5.74) is 1.38. The summed E-state index contributed by atoms with van der Waals surface area (Å²) in [4.78, 5) is 4.56. The maximum absolute atomic E-state index is 10.5. The van der Waals surface area contributed by atoms with Crippen molar-refractivity contribution in [2.45, 2.75) is 44.6 Å². The fraction of sp³-hybridized carbons (Fsp3) is 0.562. The molecule has 8 heteroatoms. The molecule has 1 aromatic carbocycles. The first-order chi connectivity index (χ1) is 11.3. The Morgan fingerprint density at radius 3 is 2.50 bits per heavy atom. The Labute approximate surface area is 150 Å². The van der Waals surface area contributed by atoms with Gasteiger partial charge < -0.3 is 25.2 Å². The van der Waals surface area contributed by atoms with Crippen molar-refractivity contribution in [2.75, 3.05) is 11.9 Å². The Kier molecular flexibility index (Phi) is 4.95. The lowest BCUT2D eigenvalue weighted by Crippen LogP contribution is -2.31. The summed E-state index contributed by atoms with van der Waals surface area (Å²) in [7, 11) is 0. The van der Waals surface area contributed by atoms with Crippen molar-refractivity contribution in [3.05, 3.63) is 22.2 Å². The second-order valence-electron chi connectivity index (χ2n) is 6.59. The van der Waals surface area contributed by atoms with E-state index in [-0.39, 0.29) is 18.6 Å². The smallest absolute Gasteiger partial charge is 0.204 e. The maximum Gasteiger partial charge on any atom is 0.204 e. The highest BCUT2D eigenvalue weighted by Gasteiger charge is 2.43. The van der Waals surface area contributed by atoms with Gasteiger partial charge in [0.25, 0.3) is 0 Å². The van der Waals surface area contributed by atoms with Gasteiger partial charge in [0.05, 0.1) is 33.2 Å². The molecule has 1 fully saturated rings. The van der Waals surface area contributed by atoms with E-state index in [4.69, 9.17) is 23.2 Å². The Balaban J connectivity index is 2.15. The zero-order chi connectivity index (χ0) is 17.6. The first kappa shape index (κ1) is 17.8. The molecule has 3 rings (SSSR count). The van der Waals surface area contributed by atoms with Gasteiger partial charge in [-0.15, -0.1) is 0 Å². The molecular weight excluding hydrogens is 353 g/mol. The molecule has 1 heterocycles. The monoisotopic (exact) mass is 373 g/mol. The van der Waals surface area contributed by atoms with Gasteiger partial charge in [-0.2, -0.15) is 0 Å². The Bertz CT molecular complexity index is 750. The molecule has 0 spiro atoms. The van der Waals surface area contributed by atoms with E-state index in [1.807, 2.05) is 18.4 Å². The molecule has 24 heavy (non-hydrogen) atoms. The molecule has 132 valence electrons. The second-order valence-corrected chi connectivity index (χ2v) is 7.40. The largest absolute Gasteiger partial charge is 0.396 e. The number of halogens is 2. The van der Waals surface area contributed by atoms with Gasteiger partial charge in [0.2, 0.25) is 5.95 Å². The van der Waals surface area contributed by atoms with Crippen LogP contribution in [0.5, 0.6) is 0 Å². The molecule has 6 nitrogen and oxygen atoms in total. The molecule has 0 radical (unpaired) electrons.